The van der Waals surface area contributed by atoms with E-state index in [1.165, 1.54) is 0 Å². The summed E-state index contributed by atoms with van der Waals surface area (Å²) in [4.78, 5) is 26.9. The van der Waals surface area contributed by atoms with Crippen molar-refractivity contribution < 1.29 is 14.3 Å². The van der Waals surface area contributed by atoms with E-state index in [0.717, 1.165) is 27.0 Å². The predicted octanol–water partition coefficient (Wildman–Crippen LogP) is 4.46. The Hall–Kier alpha value is -2.34. The van der Waals surface area contributed by atoms with Gasteiger partial charge in [0.25, 0.3) is 0 Å². The van der Waals surface area contributed by atoms with Crippen molar-refractivity contribution in [2.24, 2.45) is 5.92 Å². The Bertz CT molecular complexity index is 858. The Labute approximate surface area is 167 Å². The normalized spacial score (nSPS) is 16.5. The van der Waals surface area contributed by atoms with Crippen LogP contribution in [-0.4, -0.2) is 25.0 Å². The molecule has 0 aromatic heterocycles. The summed E-state index contributed by atoms with van der Waals surface area (Å²) in [7, 11) is 0. The third-order valence-electron chi connectivity index (χ3n) is 4.66. The highest BCUT2D eigenvalue weighted by Gasteiger charge is 2.36. The summed E-state index contributed by atoms with van der Waals surface area (Å²) in [6.45, 7) is 6.74. The number of para-hydroxylation sites is 2. The highest BCUT2D eigenvalue weighted by Crippen LogP contribution is 2.33. The van der Waals surface area contributed by atoms with E-state index in [1.54, 1.807) is 4.90 Å². The van der Waals surface area contributed by atoms with E-state index < -0.39 is 5.92 Å². The molecule has 1 aliphatic heterocycles. The third-order valence-corrected chi connectivity index (χ3v) is 5.91. The second-order valence-electron chi connectivity index (χ2n) is 6.72. The number of nitrogens with zero attached hydrogens (tertiary/aromatic N) is 1. The van der Waals surface area contributed by atoms with Crippen LogP contribution < -0.4 is 15.0 Å². The number of ether oxygens (including phenoxy) is 1. The molecule has 1 heterocycles. The number of nitrogens with one attached hydrogen (secondary N) is 1. The standard InChI is InChI=1S/C21H23BrN2O3/c1-4-27-18-8-6-5-7-17(18)24-12-15(11-19(24)25)21(26)23-16-9-13(2)20(22)14(3)10-16/h5-10,15H,4,11-12H2,1-3H3,(H,23,26)/t15-/m1/s1. The highest BCUT2D eigenvalue weighted by molar-refractivity contribution is 9.10. The second-order valence-corrected chi connectivity index (χ2v) is 7.51. The van der Waals surface area contributed by atoms with Gasteiger partial charge in [0.1, 0.15) is 5.75 Å². The molecule has 5 nitrogen and oxygen atoms in total. The van der Waals surface area contributed by atoms with Gasteiger partial charge in [0.2, 0.25) is 11.8 Å². The molecule has 0 spiro atoms. The molecular weight excluding hydrogens is 408 g/mol. The average Bonchev–Trinajstić information content (AvgIpc) is 3.02. The molecule has 142 valence electrons. The number of rotatable bonds is 5. The van der Waals surface area contributed by atoms with Gasteiger partial charge >= 0.3 is 0 Å². The van der Waals surface area contributed by atoms with E-state index in [0.29, 0.717) is 18.9 Å². The van der Waals surface area contributed by atoms with Gasteiger partial charge in [-0.05, 0) is 56.2 Å². The lowest BCUT2D eigenvalue weighted by molar-refractivity contribution is -0.122. The number of carbonyl (C=O) groups is 2. The molecule has 0 saturated carbocycles. The lowest BCUT2D eigenvalue weighted by Gasteiger charge is -2.20. The molecule has 2 aromatic carbocycles. The quantitative estimate of drug-likeness (QED) is 0.761. The molecule has 1 aliphatic rings. The van der Waals surface area contributed by atoms with Crippen LogP contribution in [0.25, 0.3) is 0 Å². The third kappa shape index (κ3) is 4.16. The summed E-state index contributed by atoms with van der Waals surface area (Å²) in [5, 5.41) is 2.96. The molecule has 0 unspecified atom stereocenters. The van der Waals surface area contributed by atoms with E-state index in [4.69, 9.17) is 4.74 Å². The van der Waals surface area contributed by atoms with Crippen molar-refractivity contribution in [3.05, 3.63) is 52.0 Å². The second kappa shape index (κ2) is 8.13. The monoisotopic (exact) mass is 430 g/mol. The minimum absolute atomic E-state index is 0.0644. The van der Waals surface area contributed by atoms with Crippen LogP contribution in [0.4, 0.5) is 11.4 Å². The van der Waals surface area contributed by atoms with Crippen LogP contribution in [-0.2, 0) is 9.59 Å². The first-order valence-electron chi connectivity index (χ1n) is 9.00. The molecule has 2 amide bonds. The van der Waals surface area contributed by atoms with Crippen molar-refractivity contribution >= 4 is 39.1 Å². The Kier molecular flexibility index (Phi) is 5.85. The zero-order chi connectivity index (χ0) is 19.6. The summed E-state index contributed by atoms with van der Waals surface area (Å²) < 4.78 is 6.67. The minimum atomic E-state index is -0.392. The predicted molar refractivity (Wildman–Crippen MR) is 110 cm³/mol. The van der Waals surface area contributed by atoms with Crippen molar-refractivity contribution in [3.8, 4) is 5.75 Å². The fourth-order valence-electron chi connectivity index (χ4n) is 3.34. The van der Waals surface area contributed by atoms with Crippen molar-refractivity contribution in [2.45, 2.75) is 27.2 Å². The Morgan fingerprint density at radius 3 is 2.59 bits per heavy atom. The van der Waals surface area contributed by atoms with Crippen LogP contribution in [0.3, 0.4) is 0 Å². The van der Waals surface area contributed by atoms with Gasteiger partial charge in [-0.25, -0.2) is 0 Å². The van der Waals surface area contributed by atoms with Crippen LogP contribution in [0, 0.1) is 19.8 Å². The van der Waals surface area contributed by atoms with Crippen LogP contribution in [0.1, 0.15) is 24.5 Å². The van der Waals surface area contributed by atoms with Gasteiger partial charge in [-0.1, -0.05) is 28.1 Å². The van der Waals surface area contributed by atoms with E-state index in [1.807, 2.05) is 57.2 Å². The number of carbonyl (C=O) groups excluding carboxylic acids is 2. The first-order valence-corrected chi connectivity index (χ1v) is 9.79. The summed E-state index contributed by atoms with van der Waals surface area (Å²) in [6.07, 6.45) is 0.195. The molecule has 0 bridgehead atoms. The van der Waals surface area contributed by atoms with E-state index in [9.17, 15) is 9.59 Å². The maximum absolute atomic E-state index is 12.7. The number of aryl methyl sites for hydroxylation is 2. The minimum Gasteiger partial charge on any atom is -0.492 e. The van der Waals surface area contributed by atoms with Gasteiger partial charge in [-0.2, -0.15) is 0 Å². The largest absolute Gasteiger partial charge is 0.492 e. The summed E-state index contributed by atoms with van der Waals surface area (Å²) >= 11 is 3.53. The summed E-state index contributed by atoms with van der Waals surface area (Å²) in [5.74, 6) is 0.0661. The zero-order valence-electron chi connectivity index (χ0n) is 15.7. The highest BCUT2D eigenvalue weighted by atomic mass is 79.9. The smallest absolute Gasteiger partial charge is 0.229 e. The average molecular weight is 431 g/mol. The van der Waals surface area contributed by atoms with Gasteiger partial charge in [-0.3, -0.25) is 9.59 Å². The van der Waals surface area contributed by atoms with E-state index in [2.05, 4.69) is 21.2 Å². The first kappa shape index (κ1) is 19.4. The molecule has 1 fully saturated rings. The lowest BCUT2D eigenvalue weighted by atomic mass is 10.1. The van der Waals surface area contributed by atoms with Crippen LogP contribution >= 0.6 is 15.9 Å². The van der Waals surface area contributed by atoms with Crippen molar-refractivity contribution in [2.75, 3.05) is 23.4 Å². The van der Waals surface area contributed by atoms with Crippen molar-refractivity contribution in [1.82, 2.24) is 0 Å². The molecule has 1 saturated heterocycles. The molecule has 1 atom stereocenters. The maximum Gasteiger partial charge on any atom is 0.229 e. The van der Waals surface area contributed by atoms with Gasteiger partial charge in [0, 0.05) is 23.1 Å². The Morgan fingerprint density at radius 2 is 1.93 bits per heavy atom. The van der Waals surface area contributed by atoms with Crippen LogP contribution in [0.5, 0.6) is 5.75 Å². The fourth-order valence-corrected chi connectivity index (χ4v) is 3.57. The molecule has 0 radical (unpaired) electrons. The van der Waals surface area contributed by atoms with Crippen LogP contribution in [0.15, 0.2) is 40.9 Å². The Balaban J connectivity index is 1.75. The van der Waals surface area contributed by atoms with Crippen molar-refractivity contribution in [3.63, 3.8) is 0 Å². The van der Waals surface area contributed by atoms with Crippen molar-refractivity contribution in [1.29, 1.82) is 0 Å². The lowest BCUT2D eigenvalue weighted by Crippen LogP contribution is -2.28. The van der Waals surface area contributed by atoms with Gasteiger partial charge in [0.05, 0.1) is 18.2 Å². The summed E-state index contributed by atoms with van der Waals surface area (Å²) in [5.41, 5.74) is 3.58. The van der Waals surface area contributed by atoms with Gasteiger partial charge in [0.15, 0.2) is 0 Å². The molecule has 3 rings (SSSR count). The van der Waals surface area contributed by atoms with E-state index >= 15 is 0 Å². The number of benzene rings is 2. The number of hydrogen-bond acceptors (Lipinski definition) is 3. The number of hydrogen-bond donors (Lipinski definition) is 1. The Morgan fingerprint density at radius 1 is 1.26 bits per heavy atom. The molecule has 0 aliphatic carbocycles. The number of halogens is 1. The van der Waals surface area contributed by atoms with E-state index in [-0.39, 0.29) is 18.2 Å². The molecular formula is C21H23BrN2O3. The maximum atomic E-state index is 12.7. The molecule has 2 aromatic rings. The van der Waals surface area contributed by atoms with Crippen LogP contribution in [0.2, 0.25) is 0 Å². The molecule has 6 heteroatoms. The molecule has 1 N–H and O–H groups in total. The SMILES string of the molecule is CCOc1ccccc1N1C[C@H](C(=O)Nc2cc(C)c(Br)c(C)c2)CC1=O. The number of amides is 2. The van der Waals surface area contributed by atoms with Gasteiger partial charge in [-0.15, -0.1) is 0 Å². The topological polar surface area (TPSA) is 58.6 Å². The first-order chi connectivity index (χ1) is 12.9. The molecule has 27 heavy (non-hydrogen) atoms. The summed E-state index contributed by atoms with van der Waals surface area (Å²) in [6, 6.07) is 11.3. The number of anilines is 2. The van der Waals surface area contributed by atoms with Gasteiger partial charge < -0.3 is 15.0 Å². The zero-order valence-corrected chi connectivity index (χ0v) is 17.3. The fraction of sp³-hybridized carbons (Fsp3) is 0.333.